The fraction of sp³-hybridized carbons (Fsp3) is 0.562. The average Bonchev–Trinajstić information content (AvgIpc) is 2.45. The summed E-state index contributed by atoms with van der Waals surface area (Å²) >= 11 is 0. The van der Waals surface area contributed by atoms with Crippen molar-refractivity contribution in [2.75, 3.05) is 12.3 Å². The summed E-state index contributed by atoms with van der Waals surface area (Å²) in [6, 6.07) is 4.17. The maximum Gasteiger partial charge on any atom is 0.254 e. The van der Waals surface area contributed by atoms with Crippen LogP contribution in [0.3, 0.4) is 0 Å². The predicted molar refractivity (Wildman–Crippen MR) is 78.9 cm³/mol. The number of benzene rings is 1. The van der Waals surface area contributed by atoms with E-state index in [2.05, 4.69) is 12.2 Å². The van der Waals surface area contributed by atoms with Gasteiger partial charge in [-0.1, -0.05) is 26.2 Å². The molecule has 1 aromatic rings. The third kappa shape index (κ3) is 3.71. The highest BCUT2D eigenvalue weighted by Gasteiger charge is 2.21. The maximum absolute atomic E-state index is 13.6. The van der Waals surface area contributed by atoms with Crippen molar-refractivity contribution in [1.29, 1.82) is 0 Å². The van der Waals surface area contributed by atoms with Crippen LogP contribution in [-0.2, 0) is 0 Å². The first-order valence-corrected chi connectivity index (χ1v) is 7.43. The quantitative estimate of drug-likeness (QED) is 0.830. The van der Waals surface area contributed by atoms with Crippen LogP contribution in [-0.4, -0.2) is 12.5 Å². The Balaban J connectivity index is 1.83. The lowest BCUT2D eigenvalue weighted by Crippen LogP contribution is -2.31. The van der Waals surface area contributed by atoms with Crippen LogP contribution in [0, 0.1) is 17.7 Å². The number of nitrogens with one attached hydrogen (secondary N) is 1. The topological polar surface area (TPSA) is 55.1 Å². The smallest absolute Gasteiger partial charge is 0.254 e. The van der Waals surface area contributed by atoms with Crippen LogP contribution < -0.4 is 11.1 Å². The Bertz CT molecular complexity index is 468. The lowest BCUT2D eigenvalue weighted by atomic mass is 9.81. The van der Waals surface area contributed by atoms with Gasteiger partial charge in [0.1, 0.15) is 5.82 Å². The molecule has 3 N–H and O–H groups in total. The van der Waals surface area contributed by atoms with Crippen molar-refractivity contribution in [3.8, 4) is 0 Å². The lowest BCUT2D eigenvalue weighted by Gasteiger charge is -2.27. The minimum atomic E-state index is -0.558. The number of anilines is 1. The monoisotopic (exact) mass is 278 g/mol. The van der Waals surface area contributed by atoms with E-state index >= 15 is 0 Å². The van der Waals surface area contributed by atoms with E-state index in [1.54, 1.807) is 6.07 Å². The van der Waals surface area contributed by atoms with E-state index in [0.717, 1.165) is 18.8 Å². The molecular weight excluding hydrogens is 255 g/mol. The van der Waals surface area contributed by atoms with E-state index in [9.17, 15) is 9.18 Å². The van der Waals surface area contributed by atoms with E-state index in [-0.39, 0.29) is 11.5 Å². The Morgan fingerprint density at radius 1 is 1.30 bits per heavy atom. The third-order valence-electron chi connectivity index (χ3n) is 4.33. The first-order valence-electron chi connectivity index (χ1n) is 7.43. The summed E-state index contributed by atoms with van der Waals surface area (Å²) in [6.45, 7) is 2.87. The average molecular weight is 278 g/mol. The van der Waals surface area contributed by atoms with Crippen LogP contribution in [0.4, 0.5) is 10.1 Å². The van der Waals surface area contributed by atoms with Gasteiger partial charge >= 0.3 is 0 Å². The number of carbonyl (C=O) groups excluding carboxylic acids is 1. The van der Waals surface area contributed by atoms with E-state index in [1.807, 2.05) is 0 Å². The van der Waals surface area contributed by atoms with Crippen LogP contribution in [0.25, 0.3) is 0 Å². The Labute approximate surface area is 119 Å². The second-order valence-electron chi connectivity index (χ2n) is 5.74. The molecule has 0 spiro atoms. The van der Waals surface area contributed by atoms with Crippen LogP contribution in [0.5, 0.6) is 0 Å². The zero-order valence-electron chi connectivity index (χ0n) is 12.0. The van der Waals surface area contributed by atoms with Crippen molar-refractivity contribution in [1.82, 2.24) is 5.32 Å². The molecule has 1 amide bonds. The van der Waals surface area contributed by atoms with Gasteiger partial charge in [-0.15, -0.1) is 0 Å². The lowest BCUT2D eigenvalue weighted by molar-refractivity contribution is 0.0937. The molecule has 1 saturated carbocycles. The number of hydrogen-bond donors (Lipinski definition) is 2. The summed E-state index contributed by atoms with van der Waals surface area (Å²) in [5.74, 6) is 0.465. The van der Waals surface area contributed by atoms with Crippen molar-refractivity contribution in [3.05, 3.63) is 29.6 Å². The largest absolute Gasteiger partial charge is 0.399 e. The highest BCUT2D eigenvalue weighted by atomic mass is 19.1. The molecule has 20 heavy (non-hydrogen) atoms. The Morgan fingerprint density at radius 2 is 1.95 bits per heavy atom. The van der Waals surface area contributed by atoms with Gasteiger partial charge in [-0.3, -0.25) is 4.79 Å². The summed E-state index contributed by atoms with van der Waals surface area (Å²) in [5.41, 5.74) is 5.87. The molecule has 2 rings (SSSR count). The molecule has 0 aromatic heterocycles. The van der Waals surface area contributed by atoms with Gasteiger partial charge in [-0.2, -0.15) is 0 Å². The molecule has 0 atom stereocenters. The van der Waals surface area contributed by atoms with Crippen molar-refractivity contribution in [2.24, 2.45) is 11.8 Å². The number of nitrogen functional groups attached to an aromatic ring is 1. The van der Waals surface area contributed by atoms with Crippen molar-refractivity contribution < 1.29 is 9.18 Å². The van der Waals surface area contributed by atoms with Gasteiger partial charge in [0, 0.05) is 12.2 Å². The number of nitrogens with two attached hydrogens (primary N) is 1. The number of hydrogen-bond acceptors (Lipinski definition) is 2. The molecule has 4 heteroatoms. The molecular formula is C16H23FN2O. The van der Waals surface area contributed by atoms with Gasteiger partial charge in [0.2, 0.25) is 0 Å². The van der Waals surface area contributed by atoms with Crippen molar-refractivity contribution >= 4 is 11.6 Å². The molecule has 1 aliphatic carbocycles. The second kappa shape index (κ2) is 6.73. The summed E-state index contributed by atoms with van der Waals surface area (Å²) in [7, 11) is 0. The first kappa shape index (κ1) is 14.8. The molecule has 0 saturated heterocycles. The summed E-state index contributed by atoms with van der Waals surface area (Å²) < 4.78 is 13.6. The van der Waals surface area contributed by atoms with Gasteiger partial charge in [-0.25, -0.2) is 4.39 Å². The number of rotatable bonds is 4. The minimum Gasteiger partial charge on any atom is -0.399 e. The molecule has 110 valence electrons. The zero-order chi connectivity index (χ0) is 14.5. The molecule has 1 aliphatic rings. The standard InChI is InChI=1S/C16H23FN2O/c1-2-11-3-5-12(6-4-11)10-19-16(20)14-8-7-13(18)9-15(14)17/h7-9,11-12H,2-6,10,18H2,1H3,(H,19,20). The summed E-state index contributed by atoms with van der Waals surface area (Å²) in [5, 5.41) is 2.84. The number of carbonyl (C=O) groups is 1. The molecule has 0 unspecified atom stereocenters. The number of amides is 1. The van der Waals surface area contributed by atoms with Crippen molar-refractivity contribution in [2.45, 2.75) is 39.0 Å². The van der Waals surface area contributed by atoms with Crippen LogP contribution in [0.15, 0.2) is 18.2 Å². The van der Waals surface area contributed by atoms with Gasteiger partial charge < -0.3 is 11.1 Å². The van der Waals surface area contributed by atoms with Crippen LogP contribution in [0.1, 0.15) is 49.4 Å². The van der Waals surface area contributed by atoms with Gasteiger partial charge in [0.05, 0.1) is 5.56 Å². The third-order valence-corrected chi connectivity index (χ3v) is 4.33. The molecule has 3 nitrogen and oxygen atoms in total. The fourth-order valence-electron chi connectivity index (χ4n) is 2.89. The number of halogens is 1. The summed E-state index contributed by atoms with van der Waals surface area (Å²) in [6.07, 6.45) is 6.04. The van der Waals surface area contributed by atoms with Crippen LogP contribution >= 0.6 is 0 Å². The molecule has 0 radical (unpaired) electrons. The molecule has 0 aliphatic heterocycles. The highest BCUT2D eigenvalue weighted by Crippen LogP contribution is 2.30. The van der Waals surface area contributed by atoms with Gasteiger partial charge in [0.25, 0.3) is 5.91 Å². The fourth-order valence-corrected chi connectivity index (χ4v) is 2.89. The maximum atomic E-state index is 13.6. The SMILES string of the molecule is CCC1CCC(CNC(=O)c2ccc(N)cc2F)CC1. The van der Waals surface area contributed by atoms with E-state index < -0.39 is 5.82 Å². The molecule has 1 fully saturated rings. The highest BCUT2D eigenvalue weighted by molar-refractivity contribution is 5.94. The normalized spacial score (nSPS) is 22.5. The zero-order valence-corrected chi connectivity index (χ0v) is 12.0. The molecule has 0 heterocycles. The Morgan fingerprint density at radius 3 is 2.55 bits per heavy atom. The first-order chi connectivity index (χ1) is 9.60. The second-order valence-corrected chi connectivity index (χ2v) is 5.74. The Kier molecular flexibility index (Phi) is 4.99. The summed E-state index contributed by atoms with van der Waals surface area (Å²) in [4.78, 5) is 11.9. The predicted octanol–water partition coefficient (Wildman–Crippen LogP) is 3.35. The molecule has 0 bridgehead atoms. The van der Waals surface area contributed by atoms with E-state index in [1.165, 1.54) is 31.4 Å². The molecule has 1 aromatic carbocycles. The minimum absolute atomic E-state index is 0.0708. The van der Waals surface area contributed by atoms with Crippen molar-refractivity contribution in [3.63, 3.8) is 0 Å². The Hall–Kier alpha value is -1.58. The van der Waals surface area contributed by atoms with Gasteiger partial charge in [-0.05, 0) is 42.9 Å². The van der Waals surface area contributed by atoms with Gasteiger partial charge in [0.15, 0.2) is 0 Å². The van der Waals surface area contributed by atoms with E-state index in [0.29, 0.717) is 18.2 Å². The van der Waals surface area contributed by atoms with E-state index in [4.69, 9.17) is 5.73 Å². The van der Waals surface area contributed by atoms with Crippen LogP contribution in [0.2, 0.25) is 0 Å².